The molecule has 2 aromatic carbocycles. The maximum absolute atomic E-state index is 12.8. The van der Waals surface area contributed by atoms with Gasteiger partial charge in [0.15, 0.2) is 0 Å². The van der Waals surface area contributed by atoms with Crippen LogP contribution < -0.4 is 5.32 Å². The molecule has 1 heterocycles. The van der Waals surface area contributed by atoms with Crippen molar-refractivity contribution in [2.45, 2.75) is 6.04 Å². The number of piperazine rings is 1. The molecule has 0 spiro atoms. The second-order valence-corrected chi connectivity index (χ2v) is 5.08. The molecule has 1 unspecified atom stereocenters. The zero-order valence-electron chi connectivity index (χ0n) is 11.5. The van der Waals surface area contributed by atoms with E-state index in [1.807, 2.05) is 36.4 Å². The van der Waals surface area contributed by atoms with Gasteiger partial charge in [0.2, 0.25) is 0 Å². The number of carboxylic acid groups (broad SMARTS) is 1. The first kappa shape index (κ1) is 13.6. The van der Waals surface area contributed by atoms with Crippen molar-refractivity contribution in [2.75, 3.05) is 19.6 Å². The lowest BCUT2D eigenvalue weighted by atomic mass is 10.0. The molecule has 1 saturated heterocycles. The Hall–Kier alpha value is -2.40. The molecule has 108 valence electrons. The number of nitrogens with one attached hydrogen (secondary N) is 1. The maximum atomic E-state index is 12.8. The van der Waals surface area contributed by atoms with Gasteiger partial charge in [0.25, 0.3) is 5.91 Å². The number of fused-ring (bicyclic) bond motifs is 1. The predicted molar refractivity (Wildman–Crippen MR) is 79.3 cm³/mol. The standard InChI is InChI=1S/C16H16N2O3/c19-15(18-9-8-17-10-14(18)16(20)21)13-7-3-5-11-4-1-2-6-12(11)13/h1-7,14,17H,8-10H2,(H,20,21). The molecular formula is C16H16N2O3. The Bertz CT molecular complexity index is 693. The highest BCUT2D eigenvalue weighted by atomic mass is 16.4. The molecule has 1 amide bonds. The SMILES string of the molecule is O=C(O)C1CNCCN1C(=O)c1cccc2ccccc12. The average molecular weight is 284 g/mol. The van der Waals surface area contributed by atoms with Crippen molar-refractivity contribution in [3.05, 3.63) is 48.0 Å². The molecule has 3 rings (SSSR count). The molecule has 1 aliphatic rings. The molecule has 0 aromatic heterocycles. The van der Waals surface area contributed by atoms with Crippen LogP contribution in [-0.2, 0) is 4.79 Å². The van der Waals surface area contributed by atoms with Crippen molar-refractivity contribution in [1.82, 2.24) is 10.2 Å². The van der Waals surface area contributed by atoms with Crippen molar-refractivity contribution < 1.29 is 14.7 Å². The van der Waals surface area contributed by atoms with Gasteiger partial charge in [-0.3, -0.25) is 4.79 Å². The summed E-state index contributed by atoms with van der Waals surface area (Å²) < 4.78 is 0. The number of carboxylic acids is 1. The van der Waals surface area contributed by atoms with Crippen LogP contribution in [0.5, 0.6) is 0 Å². The monoisotopic (exact) mass is 284 g/mol. The first-order chi connectivity index (χ1) is 10.2. The number of carbonyl (C=O) groups excluding carboxylic acids is 1. The van der Waals surface area contributed by atoms with Crippen LogP contribution in [0.3, 0.4) is 0 Å². The third-order valence-electron chi connectivity index (χ3n) is 3.81. The predicted octanol–water partition coefficient (Wildman–Crippen LogP) is 1.34. The van der Waals surface area contributed by atoms with Crippen LogP contribution in [0, 0.1) is 0 Å². The minimum atomic E-state index is -0.976. The molecule has 1 aliphatic heterocycles. The summed E-state index contributed by atoms with van der Waals surface area (Å²) in [5.41, 5.74) is 0.557. The van der Waals surface area contributed by atoms with E-state index in [1.54, 1.807) is 6.07 Å². The summed E-state index contributed by atoms with van der Waals surface area (Å²) in [6, 6.07) is 12.3. The lowest BCUT2D eigenvalue weighted by Crippen LogP contribution is -2.57. The number of benzene rings is 2. The molecule has 2 aromatic rings. The molecule has 2 N–H and O–H groups in total. The molecule has 21 heavy (non-hydrogen) atoms. The number of hydrogen-bond acceptors (Lipinski definition) is 3. The summed E-state index contributed by atoms with van der Waals surface area (Å²) in [5, 5.41) is 14.1. The van der Waals surface area contributed by atoms with Crippen LogP contribution >= 0.6 is 0 Å². The number of nitrogens with zero attached hydrogens (tertiary/aromatic N) is 1. The van der Waals surface area contributed by atoms with E-state index < -0.39 is 12.0 Å². The van der Waals surface area contributed by atoms with Crippen LogP contribution in [0.25, 0.3) is 10.8 Å². The number of hydrogen-bond donors (Lipinski definition) is 2. The zero-order chi connectivity index (χ0) is 14.8. The molecule has 5 nitrogen and oxygen atoms in total. The molecule has 1 atom stereocenters. The fourth-order valence-corrected chi connectivity index (χ4v) is 2.73. The van der Waals surface area contributed by atoms with Gasteiger partial charge >= 0.3 is 5.97 Å². The van der Waals surface area contributed by atoms with Gasteiger partial charge in [-0.1, -0.05) is 36.4 Å². The van der Waals surface area contributed by atoms with Gasteiger partial charge in [0.1, 0.15) is 6.04 Å². The largest absolute Gasteiger partial charge is 0.480 e. The lowest BCUT2D eigenvalue weighted by molar-refractivity contribution is -0.142. The fourth-order valence-electron chi connectivity index (χ4n) is 2.73. The second-order valence-electron chi connectivity index (χ2n) is 5.08. The highest BCUT2D eigenvalue weighted by molar-refractivity contribution is 6.08. The van der Waals surface area contributed by atoms with E-state index in [0.29, 0.717) is 18.7 Å². The topological polar surface area (TPSA) is 69.6 Å². The second kappa shape index (κ2) is 5.54. The van der Waals surface area contributed by atoms with Crippen molar-refractivity contribution in [3.63, 3.8) is 0 Å². The highest BCUT2D eigenvalue weighted by Gasteiger charge is 2.32. The molecule has 5 heteroatoms. The van der Waals surface area contributed by atoms with Gasteiger partial charge in [-0.25, -0.2) is 4.79 Å². The Labute approximate surface area is 122 Å². The van der Waals surface area contributed by atoms with Gasteiger partial charge in [0.05, 0.1) is 0 Å². The van der Waals surface area contributed by atoms with Crippen LogP contribution in [0.15, 0.2) is 42.5 Å². The molecule has 0 radical (unpaired) electrons. The number of amides is 1. The molecule has 1 fully saturated rings. The van der Waals surface area contributed by atoms with Crippen LogP contribution in [-0.4, -0.2) is 47.6 Å². The van der Waals surface area contributed by atoms with Crippen molar-refractivity contribution in [2.24, 2.45) is 0 Å². The minimum Gasteiger partial charge on any atom is -0.480 e. The van der Waals surface area contributed by atoms with Gasteiger partial charge in [-0.2, -0.15) is 0 Å². The van der Waals surface area contributed by atoms with Crippen LogP contribution in [0.4, 0.5) is 0 Å². The zero-order valence-corrected chi connectivity index (χ0v) is 11.5. The summed E-state index contributed by atoms with van der Waals surface area (Å²) in [4.78, 5) is 25.5. The molecule has 0 bridgehead atoms. The van der Waals surface area contributed by atoms with Gasteiger partial charge < -0.3 is 15.3 Å². The number of aliphatic carboxylic acids is 1. The third-order valence-corrected chi connectivity index (χ3v) is 3.81. The third kappa shape index (κ3) is 2.48. The molecule has 0 saturated carbocycles. The minimum absolute atomic E-state index is 0.222. The Morgan fingerprint density at radius 3 is 2.71 bits per heavy atom. The Morgan fingerprint density at radius 2 is 1.90 bits per heavy atom. The van der Waals surface area contributed by atoms with E-state index in [-0.39, 0.29) is 12.5 Å². The normalized spacial score (nSPS) is 18.7. The Kier molecular flexibility index (Phi) is 3.58. The average Bonchev–Trinajstić information content (AvgIpc) is 2.53. The van der Waals surface area contributed by atoms with Gasteiger partial charge in [-0.15, -0.1) is 0 Å². The van der Waals surface area contributed by atoms with Crippen molar-refractivity contribution in [1.29, 1.82) is 0 Å². The maximum Gasteiger partial charge on any atom is 0.327 e. The molecule has 0 aliphatic carbocycles. The fraction of sp³-hybridized carbons (Fsp3) is 0.250. The summed E-state index contributed by atoms with van der Waals surface area (Å²) in [6.45, 7) is 1.30. The van der Waals surface area contributed by atoms with Gasteiger partial charge in [-0.05, 0) is 16.8 Å². The van der Waals surface area contributed by atoms with E-state index in [9.17, 15) is 14.7 Å². The number of rotatable bonds is 2. The Balaban J connectivity index is 2.01. The van der Waals surface area contributed by atoms with E-state index >= 15 is 0 Å². The van der Waals surface area contributed by atoms with E-state index in [4.69, 9.17) is 0 Å². The quantitative estimate of drug-likeness (QED) is 0.873. The number of carbonyl (C=O) groups is 2. The van der Waals surface area contributed by atoms with Crippen molar-refractivity contribution in [3.8, 4) is 0 Å². The van der Waals surface area contributed by atoms with E-state index in [1.165, 1.54) is 4.90 Å². The van der Waals surface area contributed by atoms with Crippen LogP contribution in [0.2, 0.25) is 0 Å². The summed E-state index contributed by atoms with van der Waals surface area (Å²) >= 11 is 0. The Morgan fingerprint density at radius 1 is 1.14 bits per heavy atom. The smallest absolute Gasteiger partial charge is 0.327 e. The molecular weight excluding hydrogens is 268 g/mol. The highest BCUT2D eigenvalue weighted by Crippen LogP contribution is 2.21. The van der Waals surface area contributed by atoms with Crippen molar-refractivity contribution >= 4 is 22.6 Å². The summed E-state index contributed by atoms with van der Waals surface area (Å²) in [7, 11) is 0. The first-order valence-corrected chi connectivity index (χ1v) is 6.91. The van der Waals surface area contributed by atoms with Gasteiger partial charge in [0, 0.05) is 25.2 Å². The van der Waals surface area contributed by atoms with E-state index in [0.717, 1.165) is 10.8 Å². The summed E-state index contributed by atoms with van der Waals surface area (Å²) in [6.07, 6.45) is 0. The first-order valence-electron chi connectivity index (χ1n) is 6.91. The lowest BCUT2D eigenvalue weighted by Gasteiger charge is -2.33. The summed E-state index contributed by atoms with van der Waals surface area (Å²) in [5.74, 6) is -1.20. The van der Waals surface area contributed by atoms with E-state index in [2.05, 4.69) is 5.32 Å². The van der Waals surface area contributed by atoms with Crippen LogP contribution in [0.1, 0.15) is 10.4 Å².